The molecule has 7 rings (SSSR count). The van der Waals surface area contributed by atoms with Gasteiger partial charge in [0.25, 0.3) is 17.4 Å². The molecule has 2 atom stereocenters. The average Bonchev–Trinajstić information content (AvgIpc) is 3.10. The smallest absolute Gasteiger partial charge is 0.258 e. The van der Waals surface area contributed by atoms with Crippen LogP contribution in [0.1, 0.15) is 28.8 Å². The zero-order valence-electron chi connectivity index (χ0n) is 26.0. The first kappa shape index (κ1) is 31.4. The highest BCUT2D eigenvalue weighted by Crippen LogP contribution is 2.33. The molecule has 3 aliphatic rings. The van der Waals surface area contributed by atoms with E-state index in [1.165, 1.54) is 10.6 Å². The summed E-state index contributed by atoms with van der Waals surface area (Å²) in [7, 11) is 1.56. The van der Waals surface area contributed by atoms with Crippen molar-refractivity contribution in [2.75, 3.05) is 26.8 Å². The van der Waals surface area contributed by atoms with Crippen LogP contribution in [0.5, 0.6) is 17.2 Å². The van der Waals surface area contributed by atoms with Gasteiger partial charge in [0.15, 0.2) is 6.61 Å². The molecule has 0 aliphatic carbocycles. The van der Waals surface area contributed by atoms with E-state index < -0.39 is 12.1 Å². The van der Waals surface area contributed by atoms with Crippen molar-refractivity contribution >= 4 is 17.7 Å². The number of aromatic nitrogens is 1. The van der Waals surface area contributed by atoms with Crippen molar-refractivity contribution in [1.29, 1.82) is 0 Å². The van der Waals surface area contributed by atoms with Crippen LogP contribution in [0.4, 0.5) is 0 Å². The monoisotopic (exact) mass is 636 g/mol. The maximum absolute atomic E-state index is 13.8. The number of carbonyl (C=O) groups excluding carboxylic acids is 3. The number of piperidine rings is 1. The number of amides is 3. The molecule has 0 unspecified atom stereocenters. The van der Waals surface area contributed by atoms with Gasteiger partial charge in [-0.05, 0) is 59.7 Å². The van der Waals surface area contributed by atoms with E-state index >= 15 is 0 Å². The van der Waals surface area contributed by atoms with E-state index in [1.807, 2.05) is 36.4 Å². The van der Waals surface area contributed by atoms with Gasteiger partial charge in [-0.1, -0.05) is 30.3 Å². The van der Waals surface area contributed by atoms with Crippen LogP contribution in [0.15, 0.2) is 95.9 Å². The van der Waals surface area contributed by atoms with Crippen molar-refractivity contribution in [2.24, 2.45) is 0 Å². The molecule has 3 amide bonds. The lowest BCUT2D eigenvalue weighted by Crippen LogP contribution is -2.58. The molecular weight excluding hydrogens is 600 g/mol. The second kappa shape index (κ2) is 14.2. The molecule has 11 nitrogen and oxygen atoms in total. The molecule has 0 spiro atoms. The Hall–Kier alpha value is -5.58. The van der Waals surface area contributed by atoms with Crippen molar-refractivity contribution in [2.45, 2.75) is 38.1 Å². The maximum atomic E-state index is 13.8. The molecule has 6 bridgehead atoms. The normalized spacial score (nSPS) is 18.1. The number of benzene rings is 3. The highest BCUT2D eigenvalue weighted by molar-refractivity contribution is 5.96. The highest BCUT2D eigenvalue weighted by atomic mass is 16.5. The summed E-state index contributed by atoms with van der Waals surface area (Å²) in [5, 5.41) is 6.01. The van der Waals surface area contributed by atoms with E-state index in [0.29, 0.717) is 47.9 Å². The maximum Gasteiger partial charge on any atom is 0.258 e. The fourth-order valence-electron chi connectivity index (χ4n) is 5.80. The van der Waals surface area contributed by atoms with Crippen LogP contribution in [-0.4, -0.2) is 66.1 Å². The van der Waals surface area contributed by atoms with Gasteiger partial charge in [0.05, 0.1) is 13.2 Å². The minimum Gasteiger partial charge on any atom is -0.496 e. The van der Waals surface area contributed by atoms with E-state index in [0.717, 1.165) is 11.1 Å². The minimum atomic E-state index is -0.522. The molecule has 47 heavy (non-hydrogen) atoms. The predicted octanol–water partition coefficient (Wildman–Crippen LogP) is 3.40. The Morgan fingerprint density at radius 2 is 1.79 bits per heavy atom. The van der Waals surface area contributed by atoms with Crippen molar-refractivity contribution in [3.8, 4) is 28.4 Å². The number of likely N-dealkylation sites (tertiary alicyclic amines) is 1. The summed E-state index contributed by atoms with van der Waals surface area (Å²) in [4.78, 5) is 53.5. The summed E-state index contributed by atoms with van der Waals surface area (Å²) in [5.74, 6) is 0.968. The first-order valence-electron chi connectivity index (χ1n) is 15.5. The number of fused-ring (bicyclic) bond motifs is 7. The number of carbonyl (C=O) groups is 3. The van der Waals surface area contributed by atoms with Crippen molar-refractivity contribution in [3.63, 3.8) is 0 Å². The Labute approximate surface area is 272 Å². The number of ether oxygens (including phenoxy) is 3. The Morgan fingerprint density at radius 3 is 2.60 bits per heavy atom. The Kier molecular flexibility index (Phi) is 9.51. The SMILES string of the molecule is COc1ccc2cc1-c1cccc(c1)OCC(=O)NCc1ccc(cc1)O[C@@H]1CCN(C(=O)CCn3ccccc3=O)C[C@H]1NC2=O. The van der Waals surface area contributed by atoms with Crippen LogP contribution in [0.3, 0.4) is 0 Å². The summed E-state index contributed by atoms with van der Waals surface area (Å²) >= 11 is 0. The number of hydrogen-bond donors (Lipinski definition) is 2. The third-order valence-corrected chi connectivity index (χ3v) is 8.36. The summed E-state index contributed by atoms with van der Waals surface area (Å²) in [6.07, 6.45) is 1.89. The summed E-state index contributed by atoms with van der Waals surface area (Å²) < 4.78 is 19.3. The van der Waals surface area contributed by atoms with Crippen molar-refractivity contribution in [1.82, 2.24) is 20.1 Å². The predicted molar refractivity (Wildman–Crippen MR) is 174 cm³/mol. The van der Waals surface area contributed by atoms with Crippen LogP contribution in [0.2, 0.25) is 0 Å². The number of pyridine rings is 1. The number of nitrogens with zero attached hydrogens (tertiary/aromatic N) is 2. The summed E-state index contributed by atoms with van der Waals surface area (Å²) in [6.45, 7) is 1.11. The van der Waals surface area contributed by atoms with Crippen LogP contribution in [-0.2, 0) is 22.7 Å². The zero-order chi connectivity index (χ0) is 32.8. The fourth-order valence-corrected chi connectivity index (χ4v) is 5.80. The van der Waals surface area contributed by atoms with Crippen LogP contribution in [0, 0.1) is 0 Å². The van der Waals surface area contributed by atoms with Gasteiger partial charge in [-0.25, -0.2) is 0 Å². The largest absolute Gasteiger partial charge is 0.496 e. The fraction of sp³-hybridized carbons (Fsp3) is 0.278. The molecule has 3 aliphatic heterocycles. The van der Waals surface area contributed by atoms with Gasteiger partial charge < -0.3 is 34.3 Å². The molecule has 1 aromatic heterocycles. The lowest BCUT2D eigenvalue weighted by Gasteiger charge is -2.39. The molecule has 4 heterocycles. The van der Waals surface area contributed by atoms with E-state index in [-0.39, 0.29) is 49.4 Å². The number of aryl methyl sites for hydroxylation is 1. The van der Waals surface area contributed by atoms with E-state index in [2.05, 4.69) is 10.6 Å². The zero-order valence-corrected chi connectivity index (χ0v) is 26.0. The average molecular weight is 637 g/mol. The van der Waals surface area contributed by atoms with Crippen LogP contribution in [0.25, 0.3) is 11.1 Å². The number of nitrogens with one attached hydrogen (secondary N) is 2. The molecule has 0 radical (unpaired) electrons. The minimum absolute atomic E-state index is 0.111. The van der Waals surface area contributed by atoms with Gasteiger partial charge in [-0.3, -0.25) is 19.2 Å². The summed E-state index contributed by atoms with van der Waals surface area (Å²) in [5.41, 5.74) is 2.54. The molecule has 1 fully saturated rings. The van der Waals surface area contributed by atoms with Gasteiger partial charge in [0, 0.05) is 62.4 Å². The number of methoxy groups -OCH3 is 1. The molecule has 11 heteroatoms. The quantitative estimate of drug-likeness (QED) is 0.352. The molecule has 2 N–H and O–H groups in total. The highest BCUT2D eigenvalue weighted by Gasteiger charge is 2.34. The van der Waals surface area contributed by atoms with Crippen LogP contribution < -0.4 is 30.4 Å². The van der Waals surface area contributed by atoms with E-state index in [1.54, 1.807) is 60.7 Å². The molecule has 1 saturated heterocycles. The third kappa shape index (κ3) is 7.63. The first-order chi connectivity index (χ1) is 22.9. The van der Waals surface area contributed by atoms with Gasteiger partial charge in [0.2, 0.25) is 5.91 Å². The second-order valence-corrected chi connectivity index (χ2v) is 11.5. The van der Waals surface area contributed by atoms with Gasteiger partial charge in [-0.2, -0.15) is 0 Å². The topological polar surface area (TPSA) is 128 Å². The third-order valence-electron chi connectivity index (χ3n) is 8.36. The van der Waals surface area contributed by atoms with Crippen molar-refractivity contribution in [3.05, 3.63) is 113 Å². The number of rotatable bonds is 4. The van der Waals surface area contributed by atoms with Gasteiger partial charge in [0.1, 0.15) is 23.4 Å². The van der Waals surface area contributed by atoms with Crippen LogP contribution >= 0.6 is 0 Å². The van der Waals surface area contributed by atoms with E-state index in [9.17, 15) is 19.2 Å². The molecule has 0 saturated carbocycles. The first-order valence-corrected chi connectivity index (χ1v) is 15.5. The summed E-state index contributed by atoms with van der Waals surface area (Å²) in [6, 6.07) is 24.2. The molecule has 3 aromatic carbocycles. The standard InChI is InChI=1S/C36H36N4O7/c1-45-31-13-10-26-20-29(31)25-5-4-6-28(19-25)46-23-33(41)37-21-24-8-11-27(12-9-24)47-32-14-17-40(22-30(32)38-36(26)44)35(43)15-18-39-16-3-2-7-34(39)42/h2-13,16,19-20,30,32H,14-15,17-18,21-23H2,1H3,(H,37,41)(H,38,44)/t30-,32-/m1/s1. The lowest BCUT2D eigenvalue weighted by molar-refractivity contribution is -0.134. The Balaban J connectivity index is 1.28. The van der Waals surface area contributed by atoms with Gasteiger partial charge >= 0.3 is 0 Å². The van der Waals surface area contributed by atoms with Crippen molar-refractivity contribution < 1.29 is 28.6 Å². The molecular formula is C36H36N4O7. The van der Waals surface area contributed by atoms with E-state index in [4.69, 9.17) is 14.2 Å². The number of hydrogen-bond acceptors (Lipinski definition) is 7. The molecule has 4 aromatic rings. The lowest BCUT2D eigenvalue weighted by atomic mass is 9.99. The Bertz CT molecular complexity index is 1820. The Morgan fingerprint density at radius 1 is 0.936 bits per heavy atom. The van der Waals surface area contributed by atoms with Gasteiger partial charge in [-0.15, -0.1) is 0 Å². The second-order valence-electron chi connectivity index (χ2n) is 11.5. The molecule has 242 valence electrons.